The third kappa shape index (κ3) is 55.2. The van der Waals surface area contributed by atoms with E-state index in [1.807, 2.05) is 0 Å². The Kier molecular flexibility index (Phi) is 56.8. The van der Waals surface area contributed by atoms with E-state index in [2.05, 4.69) is 26.0 Å². The van der Waals surface area contributed by atoms with Crippen LogP contribution < -0.4 is 0 Å². The highest BCUT2D eigenvalue weighted by molar-refractivity contribution is 5.70. The maximum Gasteiger partial charge on any atom is 0.306 e. The zero-order valence-electron chi connectivity index (χ0n) is 45.0. The molecule has 0 aromatic heterocycles. The van der Waals surface area contributed by atoms with Gasteiger partial charge in [-0.05, 0) is 38.5 Å². The summed E-state index contributed by atoms with van der Waals surface area (Å²) in [4.78, 5) is 24.6. The lowest BCUT2D eigenvalue weighted by atomic mass is 10.0. The maximum atomic E-state index is 12.3. The first-order valence-corrected chi connectivity index (χ1v) is 30.2. The second-order valence-electron chi connectivity index (χ2n) is 20.8. The van der Waals surface area contributed by atoms with Gasteiger partial charge < -0.3 is 14.6 Å². The minimum Gasteiger partial charge on any atom is -0.462 e. The van der Waals surface area contributed by atoms with Gasteiger partial charge in [-0.2, -0.15) is 0 Å². The van der Waals surface area contributed by atoms with E-state index in [0.717, 1.165) is 32.1 Å². The molecular formula is C61H118O5. The molecule has 392 valence electrons. The molecule has 0 fully saturated rings. The third-order valence-electron chi connectivity index (χ3n) is 14.1. The fourth-order valence-corrected chi connectivity index (χ4v) is 9.50. The summed E-state index contributed by atoms with van der Waals surface area (Å²) in [6.45, 7) is 4.21. The Morgan fingerprint density at radius 3 is 0.818 bits per heavy atom. The Hall–Kier alpha value is -1.36. The molecule has 0 spiro atoms. The number of allylic oxidation sites excluding steroid dienone is 2. The predicted octanol–water partition coefficient (Wildman–Crippen LogP) is 20.3. The summed E-state index contributed by atoms with van der Waals surface area (Å²) in [5, 5.41) is 9.67. The molecule has 0 aliphatic rings. The Morgan fingerprint density at radius 2 is 0.561 bits per heavy atom. The van der Waals surface area contributed by atoms with E-state index in [0.29, 0.717) is 12.8 Å². The van der Waals surface area contributed by atoms with Crippen LogP contribution in [0.2, 0.25) is 0 Å². The minimum atomic E-state index is -0.767. The molecule has 66 heavy (non-hydrogen) atoms. The van der Waals surface area contributed by atoms with Gasteiger partial charge in [0.25, 0.3) is 0 Å². The molecular weight excluding hydrogens is 813 g/mol. The van der Waals surface area contributed by atoms with Crippen molar-refractivity contribution in [3.05, 3.63) is 12.2 Å². The van der Waals surface area contributed by atoms with Gasteiger partial charge in [0.15, 0.2) is 6.10 Å². The van der Waals surface area contributed by atoms with Crippen LogP contribution in [0.3, 0.4) is 0 Å². The van der Waals surface area contributed by atoms with E-state index in [-0.39, 0.29) is 25.2 Å². The number of esters is 2. The van der Waals surface area contributed by atoms with Crippen LogP contribution >= 0.6 is 0 Å². The fourth-order valence-electron chi connectivity index (χ4n) is 9.50. The maximum absolute atomic E-state index is 12.3. The van der Waals surface area contributed by atoms with E-state index < -0.39 is 6.10 Å². The number of aliphatic hydroxyl groups is 1. The van der Waals surface area contributed by atoms with Crippen LogP contribution in [-0.4, -0.2) is 36.4 Å². The van der Waals surface area contributed by atoms with Crippen LogP contribution in [0.15, 0.2) is 12.2 Å². The second-order valence-corrected chi connectivity index (χ2v) is 20.8. The first kappa shape index (κ1) is 64.6. The van der Waals surface area contributed by atoms with Crippen LogP contribution in [-0.2, 0) is 19.1 Å². The Labute approximate surface area is 413 Å². The van der Waals surface area contributed by atoms with E-state index >= 15 is 0 Å². The van der Waals surface area contributed by atoms with Crippen LogP contribution in [0.25, 0.3) is 0 Å². The van der Waals surface area contributed by atoms with Gasteiger partial charge in [-0.15, -0.1) is 0 Å². The molecule has 0 amide bonds. The van der Waals surface area contributed by atoms with Crippen molar-refractivity contribution in [2.24, 2.45) is 0 Å². The van der Waals surface area contributed by atoms with Crippen molar-refractivity contribution in [2.45, 2.75) is 354 Å². The summed E-state index contributed by atoms with van der Waals surface area (Å²) in [6, 6.07) is 0. The number of carbonyl (C=O) groups is 2. The zero-order valence-corrected chi connectivity index (χ0v) is 45.0. The highest BCUT2D eigenvalue weighted by Gasteiger charge is 2.16. The van der Waals surface area contributed by atoms with E-state index in [4.69, 9.17) is 9.47 Å². The van der Waals surface area contributed by atoms with Gasteiger partial charge in [-0.1, -0.05) is 309 Å². The minimum absolute atomic E-state index is 0.0579. The largest absolute Gasteiger partial charge is 0.462 e. The zero-order chi connectivity index (χ0) is 47.7. The Morgan fingerprint density at radius 1 is 0.333 bits per heavy atom. The van der Waals surface area contributed by atoms with Gasteiger partial charge >= 0.3 is 11.9 Å². The average molecular weight is 932 g/mol. The quantitative estimate of drug-likeness (QED) is 0.0374. The van der Waals surface area contributed by atoms with Gasteiger partial charge in [0.2, 0.25) is 0 Å². The first-order valence-electron chi connectivity index (χ1n) is 30.2. The van der Waals surface area contributed by atoms with Crippen molar-refractivity contribution in [1.82, 2.24) is 0 Å². The molecule has 1 atom stereocenters. The van der Waals surface area contributed by atoms with Crippen molar-refractivity contribution in [2.75, 3.05) is 13.2 Å². The molecule has 0 saturated carbocycles. The van der Waals surface area contributed by atoms with E-state index in [1.165, 1.54) is 289 Å². The molecule has 1 N–H and O–H groups in total. The summed E-state index contributed by atoms with van der Waals surface area (Å²) in [5.74, 6) is -0.566. The van der Waals surface area contributed by atoms with E-state index in [1.54, 1.807) is 0 Å². The molecule has 0 aliphatic carbocycles. The molecule has 5 nitrogen and oxygen atoms in total. The lowest BCUT2D eigenvalue weighted by Crippen LogP contribution is -2.28. The molecule has 0 bridgehead atoms. The number of aliphatic hydroxyl groups excluding tert-OH is 1. The van der Waals surface area contributed by atoms with Gasteiger partial charge in [-0.3, -0.25) is 9.59 Å². The summed E-state index contributed by atoms with van der Waals surface area (Å²) in [7, 11) is 0. The lowest BCUT2D eigenvalue weighted by molar-refractivity contribution is -0.161. The summed E-state index contributed by atoms with van der Waals surface area (Å²) < 4.78 is 10.7. The highest BCUT2D eigenvalue weighted by Crippen LogP contribution is 2.18. The predicted molar refractivity (Wildman–Crippen MR) is 288 cm³/mol. The summed E-state index contributed by atoms with van der Waals surface area (Å²) in [6.07, 6.45) is 72.1. The standard InChI is InChI=1S/C61H118O5/c1-3-5-7-9-11-13-15-17-19-21-23-25-27-29-30-32-33-35-37-39-41-43-45-47-49-51-53-55-60(63)65-58-59(57-62)66-61(64)56-54-52-50-48-46-44-42-40-38-36-34-31-28-26-24-22-20-18-16-14-12-10-8-6-4-2/h22,24,59,62H,3-21,23,25-58H2,1-2H3/b24-22-. The van der Waals surface area contributed by atoms with Crippen LogP contribution in [0.5, 0.6) is 0 Å². The monoisotopic (exact) mass is 931 g/mol. The van der Waals surface area contributed by atoms with Crippen molar-refractivity contribution >= 4 is 11.9 Å². The highest BCUT2D eigenvalue weighted by atomic mass is 16.6. The van der Waals surface area contributed by atoms with E-state index in [9.17, 15) is 14.7 Å². The Balaban J connectivity index is 3.40. The van der Waals surface area contributed by atoms with Gasteiger partial charge in [0.05, 0.1) is 6.61 Å². The molecule has 0 radical (unpaired) electrons. The van der Waals surface area contributed by atoms with Crippen molar-refractivity contribution < 1.29 is 24.2 Å². The van der Waals surface area contributed by atoms with Gasteiger partial charge in [0.1, 0.15) is 6.61 Å². The third-order valence-corrected chi connectivity index (χ3v) is 14.1. The topological polar surface area (TPSA) is 72.8 Å². The average Bonchev–Trinajstić information content (AvgIpc) is 3.32. The molecule has 5 heteroatoms. The van der Waals surface area contributed by atoms with Crippen LogP contribution in [0.4, 0.5) is 0 Å². The van der Waals surface area contributed by atoms with Crippen LogP contribution in [0, 0.1) is 0 Å². The molecule has 0 rings (SSSR count). The van der Waals surface area contributed by atoms with Crippen molar-refractivity contribution in [1.29, 1.82) is 0 Å². The van der Waals surface area contributed by atoms with Gasteiger partial charge in [-0.25, -0.2) is 0 Å². The molecule has 0 saturated heterocycles. The fraction of sp³-hybridized carbons (Fsp3) is 0.934. The first-order chi connectivity index (χ1) is 32.6. The lowest BCUT2D eigenvalue weighted by Gasteiger charge is -2.15. The molecule has 1 unspecified atom stereocenters. The van der Waals surface area contributed by atoms with Crippen molar-refractivity contribution in [3.63, 3.8) is 0 Å². The number of hydrogen-bond acceptors (Lipinski definition) is 5. The van der Waals surface area contributed by atoms with Crippen molar-refractivity contribution in [3.8, 4) is 0 Å². The smallest absolute Gasteiger partial charge is 0.306 e. The number of rotatable bonds is 57. The SMILES string of the molecule is CCCCCCCCCC/C=C\CCCCCCCCCCCCCCCC(=O)OC(CO)COC(=O)CCCCCCCCCCCCCCCCCCCCCCCCCCCCC. The number of ether oxygens (including phenoxy) is 2. The normalized spacial score (nSPS) is 12.1. The Bertz CT molecular complexity index is 963. The molecule has 0 aromatic carbocycles. The molecule has 0 aliphatic heterocycles. The number of unbranched alkanes of at least 4 members (excludes halogenated alkanes) is 47. The second kappa shape index (κ2) is 58.0. The number of carbonyl (C=O) groups excluding carboxylic acids is 2. The molecule has 0 aromatic rings. The number of hydrogen-bond donors (Lipinski definition) is 1. The summed E-state index contributed by atoms with van der Waals surface area (Å²) in [5.41, 5.74) is 0. The molecule has 0 heterocycles. The summed E-state index contributed by atoms with van der Waals surface area (Å²) >= 11 is 0. The van der Waals surface area contributed by atoms with Gasteiger partial charge in [0, 0.05) is 12.8 Å². The van der Waals surface area contributed by atoms with Crippen LogP contribution in [0.1, 0.15) is 348 Å².